The van der Waals surface area contributed by atoms with Gasteiger partial charge in [0, 0.05) is 63.5 Å². The Balaban J connectivity index is 1.26. The lowest BCUT2D eigenvalue weighted by atomic mass is 9.81. The van der Waals surface area contributed by atoms with Crippen molar-refractivity contribution in [2.75, 3.05) is 52.4 Å². The van der Waals surface area contributed by atoms with E-state index in [9.17, 15) is 22.4 Å². The second-order valence-corrected chi connectivity index (χ2v) is 13.3. The molecule has 244 valence electrons. The summed E-state index contributed by atoms with van der Waals surface area (Å²) >= 11 is 7.41. The molecule has 7 nitrogen and oxygen atoms in total. The number of hydrogen-bond donors (Lipinski definition) is 0. The number of carbonyl (C=O) groups is 1. The molecule has 2 atom stereocenters. The van der Waals surface area contributed by atoms with Crippen LogP contribution in [0.3, 0.4) is 0 Å². The van der Waals surface area contributed by atoms with Crippen LogP contribution in [0, 0.1) is 0 Å². The fourth-order valence-corrected chi connectivity index (χ4v) is 7.51. The smallest absolute Gasteiger partial charge is 0.433 e. The third-order valence-corrected chi connectivity index (χ3v) is 10.2. The Labute approximate surface area is 266 Å². The van der Waals surface area contributed by atoms with Crippen LogP contribution in [-0.2, 0) is 10.9 Å². The number of aromatic nitrogens is 2. The van der Waals surface area contributed by atoms with Gasteiger partial charge in [-0.2, -0.15) is 18.3 Å². The molecule has 12 heteroatoms. The number of likely N-dealkylation sites (tertiary alicyclic amines) is 1. The second-order valence-electron chi connectivity index (χ2n) is 12.6. The molecule has 45 heavy (non-hydrogen) atoms. The molecule has 1 saturated carbocycles. The highest BCUT2D eigenvalue weighted by Crippen LogP contribution is 2.43. The first-order valence-electron chi connectivity index (χ1n) is 15.9. The van der Waals surface area contributed by atoms with E-state index in [1.54, 1.807) is 6.92 Å². The Morgan fingerprint density at radius 1 is 1.09 bits per heavy atom. The highest BCUT2D eigenvalue weighted by molar-refractivity contribution is 6.25. The normalized spacial score (nSPS) is 26.2. The number of esters is 1. The summed E-state index contributed by atoms with van der Waals surface area (Å²) in [5.41, 5.74) is 0.252. The van der Waals surface area contributed by atoms with Gasteiger partial charge in [-0.15, -0.1) is 0 Å². The Hall–Kier alpha value is -2.89. The molecule has 1 aromatic carbocycles. The second kappa shape index (κ2) is 12.7. The molecule has 1 aromatic heterocycles. The summed E-state index contributed by atoms with van der Waals surface area (Å²) < 4.78 is 63.7. The van der Waals surface area contributed by atoms with Gasteiger partial charge in [0.15, 0.2) is 5.69 Å². The average molecular weight is 650 g/mol. The summed E-state index contributed by atoms with van der Waals surface area (Å²) in [4.78, 5) is 18.1. The maximum absolute atomic E-state index is 14.8. The van der Waals surface area contributed by atoms with Crippen LogP contribution in [0.15, 0.2) is 54.4 Å². The Morgan fingerprint density at radius 2 is 1.82 bits per heavy atom. The lowest BCUT2D eigenvalue weighted by Crippen LogP contribution is -2.57. The summed E-state index contributed by atoms with van der Waals surface area (Å²) in [6.07, 6.45) is 4.07. The molecule has 3 fully saturated rings. The highest BCUT2D eigenvalue weighted by Gasteiger charge is 2.45. The van der Waals surface area contributed by atoms with E-state index in [0.29, 0.717) is 58.3 Å². The topological polar surface area (TPSA) is 53.8 Å². The van der Waals surface area contributed by atoms with Crippen molar-refractivity contribution in [2.24, 2.45) is 0 Å². The zero-order chi connectivity index (χ0) is 31.8. The van der Waals surface area contributed by atoms with Crippen molar-refractivity contribution in [3.8, 4) is 0 Å². The van der Waals surface area contributed by atoms with E-state index in [0.717, 1.165) is 47.2 Å². The van der Waals surface area contributed by atoms with Crippen molar-refractivity contribution in [2.45, 2.75) is 68.3 Å². The maximum atomic E-state index is 14.8. The van der Waals surface area contributed by atoms with Gasteiger partial charge in [0.25, 0.3) is 0 Å². The van der Waals surface area contributed by atoms with E-state index in [2.05, 4.69) is 19.8 Å². The van der Waals surface area contributed by atoms with Gasteiger partial charge in [0.1, 0.15) is 16.2 Å². The minimum Gasteiger partial charge on any atom is -0.462 e. The first-order valence-corrected chi connectivity index (χ1v) is 16.3. The first kappa shape index (κ1) is 32.1. The minimum absolute atomic E-state index is 0.0334. The molecule has 0 spiro atoms. The number of rotatable bonds is 8. The van der Waals surface area contributed by atoms with E-state index >= 15 is 0 Å². The monoisotopic (exact) mass is 649 g/mol. The van der Waals surface area contributed by atoms with Crippen LogP contribution in [0.2, 0.25) is 0 Å². The van der Waals surface area contributed by atoms with Gasteiger partial charge in [0.2, 0.25) is 0 Å². The van der Waals surface area contributed by atoms with Gasteiger partial charge in [-0.05, 0) is 50.7 Å². The number of hydrogen-bond acceptors (Lipinski definition) is 6. The zero-order valence-corrected chi connectivity index (χ0v) is 26.3. The number of ether oxygens (including phenoxy) is 1. The molecule has 2 aliphatic heterocycles. The predicted molar refractivity (Wildman–Crippen MR) is 164 cm³/mol. The van der Waals surface area contributed by atoms with Crippen molar-refractivity contribution >= 4 is 23.1 Å². The van der Waals surface area contributed by atoms with E-state index in [1.165, 1.54) is 0 Å². The molecule has 2 aliphatic carbocycles. The van der Waals surface area contributed by atoms with Crippen molar-refractivity contribution < 1.29 is 27.1 Å². The van der Waals surface area contributed by atoms with Crippen LogP contribution in [0.5, 0.6) is 0 Å². The molecular formula is C33H40ClF4N5O2. The number of piperidine rings is 1. The molecule has 2 unspecified atom stereocenters. The van der Waals surface area contributed by atoms with E-state index < -0.39 is 40.1 Å². The third kappa shape index (κ3) is 6.67. The van der Waals surface area contributed by atoms with Crippen molar-refractivity contribution in [3.63, 3.8) is 0 Å². The van der Waals surface area contributed by atoms with E-state index in [-0.39, 0.29) is 13.2 Å². The first-order chi connectivity index (χ1) is 21.5. The predicted octanol–water partition coefficient (Wildman–Crippen LogP) is 6.53. The van der Waals surface area contributed by atoms with Gasteiger partial charge >= 0.3 is 12.1 Å². The van der Waals surface area contributed by atoms with Crippen LogP contribution >= 0.6 is 11.6 Å². The Bertz CT molecular complexity index is 1430. The Kier molecular flexibility index (Phi) is 9.06. The fourth-order valence-electron chi connectivity index (χ4n) is 7.15. The largest absolute Gasteiger partial charge is 0.462 e. The van der Waals surface area contributed by atoms with Gasteiger partial charge in [-0.1, -0.05) is 48.0 Å². The summed E-state index contributed by atoms with van der Waals surface area (Å²) in [5.74, 6) is -1.03. The molecule has 3 heterocycles. The van der Waals surface area contributed by atoms with Crippen molar-refractivity contribution in [3.05, 3.63) is 71.2 Å². The number of nitrogens with zero attached hydrogens (tertiary/aromatic N) is 5. The average Bonchev–Trinajstić information content (AvgIpc) is 3.48. The summed E-state index contributed by atoms with van der Waals surface area (Å²) in [5, 5.41) is 4.08. The van der Waals surface area contributed by atoms with Crippen LogP contribution in [-0.4, -0.2) is 93.5 Å². The van der Waals surface area contributed by atoms with Crippen molar-refractivity contribution in [1.82, 2.24) is 24.5 Å². The van der Waals surface area contributed by atoms with E-state index in [4.69, 9.17) is 16.3 Å². The lowest BCUT2D eigenvalue weighted by molar-refractivity contribution is -0.145. The lowest BCUT2D eigenvalue weighted by Gasteiger charge is -2.48. The number of allylic oxidation sites excluding steroid dienone is 2. The maximum Gasteiger partial charge on any atom is 0.433 e. The standard InChI is InChI=1S/C33H40ClF4N5O2/c1-2-45-30(44)27-21-39-43(29(27)33(36,37)38)25-10-6-15-41(22-25)28-20-32(34,14-11-26(28)24-8-4-3-5-9-24)42-18-16-40(17-19-42)23-31(35)12-7-13-31/h3-5,8-9,11,14,21,25H,2,6-7,10,12-13,15-20,22-23H2,1H3. The number of carbonyl (C=O) groups excluding carboxylic acids is 1. The summed E-state index contributed by atoms with van der Waals surface area (Å²) in [6.45, 7) is 5.77. The van der Waals surface area contributed by atoms with Crippen LogP contribution in [0.4, 0.5) is 17.6 Å². The molecule has 2 saturated heterocycles. The van der Waals surface area contributed by atoms with Crippen LogP contribution < -0.4 is 0 Å². The molecule has 4 aliphatic rings. The van der Waals surface area contributed by atoms with Crippen LogP contribution in [0.1, 0.15) is 73.1 Å². The zero-order valence-electron chi connectivity index (χ0n) is 25.5. The molecule has 0 radical (unpaired) electrons. The number of piperazine rings is 1. The molecule has 0 N–H and O–H groups in total. The third-order valence-electron chi connectivity index (χ3n) is 9.65. The number of alkyl halides is 5. The number of benzene rings is 1. The molecule has 0 bridgehead atoms. The fraction of sp³-hybridized carbons (Fsp3) is 0.576. The number of halogens is 5. The SMILES string of the molecule is CCOC(=O)c1cnn(C2CCCN(C3=C(c4ccccc4)C=CC(Cl)(N4CCN(CC5(F)CCC5)CC4)C3)C2)c1C(F)(F)F. The molecule has 2 aromatic rings. The molecule has 6 rings (SSSR count). The highest BCUT2D eigenvalue weighted by atomic mass is 35.5. The molecule has 0 amide bonds. The minimum atomic E-state index is -4.78. The molecular weight excluding hydrogens is 610 g/mol. The summed E-state index contributed by atoms with van der Waals surface area (Å²) in [6, 6.07) is 9.31. The quantitative estimate of drug-likeness (QED) is 0.140. The van der Waals surface area contributed by atoms with Gasteiger partial charge in [-0.25, -0.2) is 9.18 Å². The Morgan fingerprint density at radius 3 is 2.47 bits per heavy atom. The van der Waals surface area contributed by atoms with Crippen molar-refractivity contribution in [1.29, 1.82) is 0 Å². The summed E-state index contributed by atoms with van der Waals surface area (Å²) in [7, 11) is 0. The van der Waals surface area contributed by atoms with Gasteiger partial charge in [0.05, 0.1) is 18.8 Å². The van der Waals surface area contributed by atoms with Gasteiger partial charge in [-0.3, -0.25) is 14.5 Å². The van der Waals surface area contributed by atoms with E-state index in [1.807, 2.05) is 42.5 Å². The van der Waals surface area contributed by atoms with Crippen LogP contribution in [0.25, 0.3) is 5.57 Å². The van der Waals surface area contributed by atoms with Gasteiger partial charge < -0.3 is 9.64 Å².